The van der Waals surface area contributed by atoms with Crippen LogP contribution in [0.5, 0.6) is 5.75 Å². The molecule has 2 nitrogen and oxygen atoms in total. The summed E-state index contributed by atoms with van der Waals surface area (Å²) < 4.78 is 0. The first kappa shape index (κ1) is 22.8. The minimum atomic E-state index is -0.109. The summed E-state index contributed by atoms with van der Waals surface area (Å²) in [5.41, 5.74) is 4.98. The van der Waals surface area contributed by atoms with Crippen LogP contribution in [0.25, 0.3) is 11.1 Å². The number of rotatable bonds is 3. The van der Waals surface area contributed by atoms with E-state index in [-0.39, 0.29) is 16.4 Å². The van der Waals surface area contributed by atoms with Crippen molar-refractivity contribution in [1.29, 1.82) is 0 Å². The largest absolute Gasteiger partial charge is 0.507 e. The van der Waals surface area contributed by atoms with Gasteiger partial charge in [0.05, 0.1) is 0 Å². The monoisotopic (exact) mass is 401 g/mol. The summed E-state index contributed by atoms with van der Waals surface area (Å²) >= 11 is 6.11. The second-order valence-corrected chi connectivity index (χ2v) is 11.2. The summed E-state index contributed by atoms with van der Waals surface area (Å²) in [6.45, 7) is 20.2. The molecule has 2 N–H and O–H groups in total. The van der Waals surface area contributed by atoms with Gasteiger partial charge in [-0.1, -0.05) is 71.3 Å². The Morgan fingerprint density at radius 2 is 1.32 bits per heavy atom. The van der Waals surface area contributed by atoms with Crippen LogP contribution >= 0.6 is 11.6 Å². The summed E-state index contributed by atoms with van der Waals surface area (Å²) in [6, 6.07) is 10.0. The van der Waals surface area contributed by atoms with Gasteiger partial charge in [0.1, 0.15) is 5.75 Å². The van der Waals surface area contributed by atoms with Crippen LogP contribution in [0.4, 0.5) is 0 Å². The van der Waals surface area contributed by atoms with Crippen molar-refractivity contribution in [3.63, 3.8) is 0 Å². The molecule has 0 saturated carbocycles. The average Bonchev–Trinajstić information content (AvgIpc) is 2.51. The van der Waals surface area contributed by atoms with Gasteiger partial charge < -0.3 is 10.4 Å². The molecule has 0 spiro atoms. The fourth-order valence-corrected chi connectivity index (χ4v) is 3.54. The van der Waals surface area contributed by atoms with E-state index in [2.05, 4.69) is 73.7 Å². The van der Waals surface area contributed by atoms with Gasteiger partial charge in [0, 0.05) is 28.2 Å². The second kappa shape index (κ2) is 7.72. The third kappa shape index (κ3) is 5.30. The summed E-state index contributed by atoms with van der Waals surface area (Å²) in [5.74, 6) is 0.372. The number of halogens is 1. The lowest BCUT2D eigenvalue weighted by Gasteiger charge is -2.32. The predicted molar refractivity (Wildman–Crippen MR) is 123 cm³/mol. The zero-order chi connectivity index (χ0) is 21.5. The Hall–Kier alpha value is -1.51. The van der Waals surface area contributed by atoms with Gasteiger partial charge in [0.25, 0.3) is 0 Å². The molecule has 0 amide bonds. The minimum Gasteiger partial charge on any atom is -0.507 e. The van der Waals surface area contributed by atoms with Crippen LogP contribution in [0, 0.1) is 0 Å². The van der Waals surface area contributed by atoms with Gasteiger partial charge in [-0.15, -0.1) is 0 Å². The molecule has 154 valence electrons. The molecule has 3 heteroatoms. The molecule has 0 aliphatic carbocycles. The van der Waals surface area contributed by atoms with Crippen LogP contribution in [0.15, 0.2) is 30.3 Å². The van der Waals surface area contributed by atoms with E-state index in [4.69, 9.17) is 11.6 Å². The summed E-state index contributed by atoms with van der Waals surface area (Å²) in [6.07, 6.45) is 0. The van der Waals surface area contributed by atoms with E-state index in [1.165, 1.54) is 5.56 Å². The molecule has 0 aliphatic heterocycles. The summed E-state index contributed by atoms with van der Waals surface area (Å²) in [4.78, 5) is 0. The third-order valence-electron chi connectivity index (χ3n) is 4.95. The van der Waals surface area contributed by atoms with Crippen LogP contribution < -0.4 is 5.32 Å². The van der Waals surface area contributed by atoms with E-state index in [9.17, 15) is 5.11 Å². The number of hydrogen-bond acceptors (Lipinski definition) is 2. The zero-order valence-corrected chi connectivity index (χ0v) is 19.7. The molecule has 0 fully saturated rings. The highest BCUT2D eigenvalue weighted by molar-refractivity contribution is 6.30. The molecule has 2 aromatic carbocycles. The van der Waals surface area contributed by atoms with Crippen molar-refractivity contribution >= 4 is 11.6 Å². The normalized spacial score (nSPS) is 13.1. The van der Waals surface area contributed by atoms with E-state index in [0.29, 0.717) is 17.3 Å². The molecule has 0 saturated heterocycles. The molecular formula is C25H36ClNO. The molecule has 0 atom stereocenters. The highest BCUT2D eigenvalue weighted by Gasteiger charge is 2.30. The van der Waals surface area contributed by atoms with E-state index < -0.39 is 0 Å². The van der Waals surface area contributed by atoms with Crippen molar-refractivity contribution in [3.05, 3.63) is 52.0 Å². The standard InChI is InChI=1S/C25H36ClNO/c1-23(2,3)19-14-20(24(4,5)6)21(16-10-12-17(26)13-11-16)22(28)18(19)15-27-25(7,8)9/h10-14,27-28H,15H2,1-9H3. The molecule has 0 heterocycles. The molecule has 0 unspecified atom stereocenters. The molecule has 2 aromatic rings. The first-order chi connectivity index (χ1) is 12.6. The molecule has 0 aliphatic rings. The van der Waals surface area contributed by atoms with Crippen molar-refractivity contribution in [2.45, 2.75) is 85.2 Å². The second-order valence-electron chi connectivity index (χ2n) is 10.8. The Morgan fingerprint density at radius 3 is 1.75 bits per heavy atom. The van der Waals surface area contributed by atoms with Gasteiger partial charge in [-0.2, -0.15) is 0 Å². The number of nitrogens with one attached hydrogen (secondary N) is 1. The average molecular weight is 402 g/mol. The van der Waals surface area contributed by atoms with E-state index in [1.54, 1.807) is 0 Å². The maximum atomic E-state index is 11.5. The maximum Gasteiger partial charge on any atom is 0.128 e. The molecule has 0 radical (unpaired) electrons. The predicted octanol–water partition coefficient (Wildman–Crippen LogP) is 7.20. The first-order valence-corrected chi connectivity index (χ1v) is 10.4. The summed E-state index contributed by atoms with van der Waals surface area (Å²) in [7, 11) is 0. The lowest BCUT2D eigenvalue weighted by Crippen LogP contribution is -2.36. The Labute approximate surface area is 176 Å². The van der Waals surface area contributed by atoms with Crippen molar-refractivity contribution < 1.29 is 5.11 Å². The smallest absolute Gasteiger partial charge is 0.128 e. The molecule has 2 rings (SSSR count). The fourth-order valence-electron chi connectivity index (χ4n) is 3.41. The SMILES string of the molecule is CC(C)(C)NCc1c(C(C)(C)C)cc(C(C)(C)C)c(-c2ccc(Cl)cc2)c1O. The molecule has 0 bridgehead atoms. The minimum absolute atomic E-state index is 0.0370. The van der Waals surface area contributed by atoms with Crippen LogP contribution in [0.3, 0.4) is 0 Å². The maximum absolute atomic E-state index is 11.5. The van der Waals surface area contributed by atoms with Gasteiger partial charge in [0.2, 0.25) is 0 Å². The Kier molecular flexibility index (Phi) is 6.28. The highest BCUT2D eigenvalue weighted by Crippen LogP contribution is 2.45. The first-order valence-electron chi connectivity index (χ1n) is 10.0. The van der Waals surface area contributed by atoms with Crippen LogP contribution in [0.2, 0.25) is 5.02 Å². The van der Waals surface area contributed by atoms with Crippen molar-refractivity contribution in [2.75, 3.05) is 0 Å². The van der Waals surface area contributed by atoms with Gasteiger partial charge in [0.15, 0.2) is 0 Å². The number of phenols is 1. The quantitative estimate of drug-likeness (QED) is 0.570. The van der Waals surface area contributed by atoms with Gasteiger partial charge in [-0.25, -0.2) is 0 Å². The summed E-state index contributed by atoms with van der Waals surface area (Å²) in [5, 5.41) is 15.8. The number of hydrogen-bond donors (Lipinski definition) is 2. The zero-order valence-electron chi connectivity index (χ0n) is 18.9. The number of benzene rings is 2. The Balaban J connectivity index is 2.83. The Morgan fingerprint density at radius 1 is 0.821 bits per heavy atom. The number of phenolic OH excluding ortho intramolecular Hbond substituents is 1. The molecular weight excluding hydrogens is 366 g/mol. The van der Waals surface area contributed by atoms with E-state index in [0.717, 1.165) is 22.3 Å². The van der Waals surface area contributed by atoms with Gasteiger partial charge >= 0.3 is 0 Å². The van der Waals surface area contributed by atoms with Crippen molar-refractivity contribution in [3.8, 4) is 16.9 Å². The van der Waals surface area contributed by atoms with Gasteiger partial charge in [-0.3, -0.25) is 0 Å². The number of aromatic hydroxyl groups is 1. The van der Waals surface area contributed by atoms with E-state index >= 15 is 0 Å². The van der Waals surface area contributed by atoms with Gasteiger partial charge in [-0.05, 0) is 60.4 Å². The Bertz CT molecular complexity index is 831. The third-order valence-corrected chi connectivity index (χ3v) is 5.20. The lowest BCUT2D eigenvalue weighted by atomic mass is 9.74. The van der Waals surface area contributed by atoms with Crippen LogP contribution in [-0.4, -0.2) is 10.6 Å². The van der Waals surface area contributed by atoms with E-state index in [1.807, 2.05) is 24.3 Å². The van der Waals surface area contributed by atoms with Crippen LogP contribution in [-0.2, 0) is 17.4 Å². The fraction of sp³-hybridized carbons (Fsp3) is 0.520. The van der Waals surface area contributed by atoms with Crippen molar-refractivity contribution in [2.24, 2.45) is 0 Å². The molecule has 28 heavy (non-hydrogen) atoms. The van der Waals surface area contributed by atoms with Crippen molar-refractivity contribution in [1.82, 2.24) is 5.32 Å². The highest BCUT2D eigenvalue weighted by atomic mass is 35.5. The molecule has 0 aromatic heterocycles. The lowest BCUT2D eigenvalue weighted by molar-refractivity contribution is 0.406. The topological polar surface area (TPSA) is 32.3 Å². The van der Waals surface area contributed by atoms with Crippen LogP contribution in [0.1, 0.15) is 79.0 Å².